The van der Waals surface area contributed by atoms with Crippen molar-refractivity contribution in [1.82, 2.24) is 9.97 Å². The van der Waals surface area contributed by atoms with Crippen molar-refractivity contribution in [3.05, 3.63) is 23.8 Å². The Hall–Kier alpha value is -0.960. The van der Waals surface area contributed by atoms with Crippen LogP contribution in [0.25, 0.3) is 0 Å². The number of aromatic nitrogens is 2. The summed E-state index contributed by atoms with van der Waals surface area (Å²) in [5.41, 5.74) is 6.60. The Morgan fingerprint density at radius 2 is 2.00 bits per heavy atom. The predicted molar refractivity (Wildman–Crippen MR) is 44.2 cm³/mol. The lowest BCUT2D eigenvalue weighted by atomic mass is 10.1. The quantitative estimate of drug-likeness (QED) is 0.681. The van der Waals surface area contributed by atoms with Crippen LogP contribution in [0.1, 0.15) is 24.2 Å². The van der Waals surface area contributed by atoms with Gasteiger partial charge in [0.05, 0.1) is 0 Å². The van der Waals surface area contributed by atoms with Gasteiger partial charge in [-0.05, 0) is 24.9 Å². The molecular formula is C8H13N3. The molecule has 1 heterocycles. The smallest absolute Gasteiger partial charge is 0.125 e. The molecule has 0 fully saturated rings. The molecule has 1 aromatic rings. The number of nitrogens with zero attached hydrogens (tertiary/aromatic N) is 2. The highest BCUT2D eigenvalue weighted by molar-refractivity contribution is 5.10. The highest BCUT2D eigenvalue weighted by atomic mass is 14.8. The van der Waals surface area contributed by atoms with Crippen molar-refractivity contribution >= 4 is 0 Å². The van der Waals surface area contributed by atoms with Gasteiger partial charge in [-0.1, -0.05) is 6.92 Å². The van der Waals surface area contributed by atoms with Gasteiger partial charge >= 0.3 is 0 Å². The van der Waals surface area contributed by atoms with Gasteiger partial charge in [0.1, 0.15) is 5.82 Å². The van der Waals surface area contributed by atoms with Crippen molar-refractivity contribution in [3.8, 4) is 0 Å². The molecule has 0 amide bonds. The molecule has 1 atom stereocenters. The third-order valence-electron chi connectivity index (χ3n) is 1.72. The Morgan fingerprint density at radius 3 is 2.45 bits per heavy atom. The fourth-order valence-electron chi connectivity index (χ4n) is 0.793. The van der Waals surface area contributed by atoms with E-state index in [2.05, 4.69) is 16.9 Å². The molecule has 0 aromatic carbocycles. The second kappa shape index (κ2) is 3.44. The molecule has 1 unspecified atom stereocenters. The summed E-state index contributed by atoms with van der Waals surface area (Å²) in [5, 5.41) is 0. The fraction of sp³-hybridized carbons (Fsp3) is 0.500. The number of rotatable bonds is 2. The molecule has 1 aromatic heterocycles. The molecule has 0 spiro atoms. The first kappa shape index (κ1) is 8.14. The van der Waals surface area contributed by atoms with Crippen LogP contribution in [0, 0.1) is 6.92 Å². The summed E-state index contributed by atoms with van der Waals surface area (Å²) < 4.78 is 0. The van der Waals surface area contributed by atoms with E-state index >= 15 is 0 Å². The van der Waals surface area contributed by atoms with Crippen LogP contribution in [0.5, 0.6) is 0 Å². The van der Waals surface area contributed by atoms with Gasteiger partial charge in [0, 0.05) is 12.4 Å². The first-order valence-electron chi connectivity index (χ1n) is 3.72. The summed E-state index contributed by atoms with van der Waals surface area (Å²) in [4.78, 5) is 8.16. The van der Waals surface area contributed by atoms with Crippen molar-refractivity contribution in [1.29, 1.82) is 0 Å². The number of hydrogen-bond acceptors (Lipinski definition) is 3. The highest BCUT2D eigenvalue weighted by Gasteiger charge is 2.02. The molecule has 1 rings (SSSR count). The summed E-state index contributed by atoms with van der Waals surface area (Å²) in [6.45, 7) is 4.58. The van der Waals surface area contributed by atoms with Crippen molar-refractivity contribution in [3.63, 3.8) is 0 Å². The molecule has 3 nitrogen and oxygen atoms in total. The molecular weight excluding hydrogens is 138 g/mol. The molecule has 0 bridgehead atoms. The Labute approximate surface area is 66.7 Å². The molecule has 3 heteroatoms. The van der Waals surface area contributed by atoms with Crippen molar-refractivity contribution < 1.29 is 0 Å². The van der Waals surface area contributed by atoms with Gasteiger partial charge in [-0.2, -0.15) is 0 Å². The van der Waals surface area contributed by atoms with Crippen molar-refractivity contribution in [2.45, 2.75) is 19.8 Å². The van der Waals surface area contributed by atoms with Crippen LogP contribution in [-0.2, 0) is 0 Å². The average molecular weight is 151 g/mol. The monoisotopic (exact) mass is 151 g/mol. The third-order valence-corrected chi connectivity index (χ3v) is 1.72. The van der Waals surface area contributed by atoms with E-state index in [1.165, 1.54) is 0 Å². The van der Waals surface area contributed by atoms with E-state index in [0.29, 0.717) is 12.5 Å². The second-order valence-electron chi connectivity index (χ2n) is 2.70. The van der Waals surface area contributed by atoms with E-state index < -0.39 is 0 Å². The minimum atomic E-state index is 0.357. The average Bonchev–Trinajstić information content (AvgIpc) is 2.05. The molecule has 0 aliphatic carbocycles. The Kier molecular flexibility index (Phi) is 2.54. The molecule has 0 saturated heterocycles. The van der Waals surface area contributed by atoms with Crippen LogP contribution < -0.4 is 5.73 Å². The largest absolute Gasteiger partial charge is 0.330 e. The van der Waals surface area contributed by atoms with E-state index in [4.69, 9.17) is 5.73 Å². The zero-order valence-electron chi connectivity index (χ0n) is 6.91. The standard InChI is InChI=1S/C8H13N3/c1-6(3-9)8-4-10-7(2)11-5-8/h4-6H,3,9H2,1-2H3. The van der Waals surface area contributed by atoms with Crippen LogP contribution in [0.2, 0.25) is 0 Å². The number of hydrogen-bond donors (Lipinski definition) is 1. The molecule has 0 saturated carbocycles. The fourth-order valence-corrected chi connectivity index (χ4v) is 0.793. The van der Waals surface area contributed by atoms with Crippen LogP contribution in [0.3, 0.4) is 0 Å². The first-order valence-corrected chi connectivity index (χ1v) is 3.72. The van der Waals surface area contributed by atoms with Crippen LogP contribution in [0.15, 0.2) is 12.4 Å². The Bertz CT molecular complexity index is 217. The highest BCUT2D eigenvalue weighted by Crippen LogP contribution is 2.09. The lowest BCUT2D eigenvalue weighted by molar-refractivity contribution is 0.759. The lowest BCUT2D eigenvalue weighted by Crippen LogP contribution is -2.09. The predicted octanol–water partition coefficient (Wildman–Crippen LogP) is 0.847. The maximum absolute atomic E-state index is 5.49. The van der Waals surface area contributed by atoms with E-state index in [1.54, 1.807) is 0 Å². The summed E-state index contributed by atoms with van der Waals surface area (Å²) in [5.74, 6) is 1.16. The maximum Gasteiger partial charge on any atom is 0.125 e. The minimum Gasteiger partial charge on any atom is -0.330 e. The van der Waals surface area contributed by atoms with E-state index in [9.17, 15) is 0 Å². The lowest BCUT2D eigenvalue weighted by Gasteiger charge is -2.06. The molecule has 0 radical (unpaired) electrons. The zero-order chi connectivity index (χ0) is 8.27. The van der Waals surface area contributed by atoms with Gasteiger partial charge in [0.2, 0.25) is 0 Å². The van der Waals surface area contributed by atoms with Gasteiger partial charge < -0.3 is 5.73 Å². The minimum absolute atomic E-state index is 0.357. The molecule has 60 valence electrons. The SMILES string of the molecule is Cc1ncc(C(C)CN)cn1. The second-order valence-corrected chi connectivity index (χ2v) is 2.70. The van der Waals surface area contributed by atoms with Gasteiger partial charge in [-0.25, -0.2) is 9.97 Å². The topological polar surface area (TPSA) is 51.8 Å². The Morgan fingerprint density at radius 1 is 1.45 bits per heavy atom. The summed E-state index contributed by atoms with van der Waals surface area (Å²) in [6.07, 6.45) is 3.67. The molecule has 2 N–H and O–H groups in total. The number of aryl methyl sites for hydroxylation is 1. The van der Waals surface area contributed by atoms with Crippen LogP contribution in [0.4, 0.5) is 0 Å². The molecule has 0 aliphatic heterocycles. The summed E-state index contributed by atoms with van der Waals surface area (Å²) in [7, 11) is 0. The van der Waals surface area contributed by atoms with E-state index in [0.717, 1.165) is 11.4 Å². The van der Waals surface area contributed by atoms with Gasteiger partial charge in [-0.15, -0.1) is 0 Å². The maximum atomic E-state index is 5.49. The van der Waals surface area contributed by atoms with Gasteiger partial charge in [-0.3, -0.25) is 0 Å². The van der Waals surface area contributed by atoms with Crippen LogP contribution in [-0.4, -0.2) is 16.5 Å². The normalized spacial score (nSPS) is 13.0. The third kappa shape index (κ3) is 1.98. The van der Waals surface area contributed by atoms with Crippen molar-refractivity contribution in [2.75, 3.05) is 6.54 Å². The van der Waals surface area contributed by atoms with Gasteiger partial charge in [0.15, 0.2) is 0 Å². The molecule has 11 heavy (non-hydrogen) atoms. The van der Waals surface area contributed by atoms with Crippen LogP contribution >= 0.6 is 0 Å². The molecule has 0 aliphatic rings. The van der Waals surface area contributed by atoms with Gasteiger partial charge in [0.25, 0.3) is 0 Å². The zero-order valence-corrected chi connectivity index (χ0v) is 6.91. The number of nitrogens with two attached hydrogens (primary N) is 1. The first-order chi connectivity index (χ1) is 5.24. The van der Waals surface area contributed by atoms with E-state index in [-0.39, 0.29) is 0 Å². The summed E-state index contributed by atoms with van der Waals surface area (Å²) in [6, 6.07) is 0. The van der Waals surface area contributed by atoms with Crippen molar-refractivity contribution in [2.24, 2.45) is 5.73 Å². The summed E-state index contributed by atoms with van der Waals surface area (Å²) >= 11 is 0. The van der Waals surface area contributed by atoms with E-state index in [1.807, 2.05) is 19.3 Å². The Balaban J connectivity index is 2.81.